The maximum Gasteiger partial charge on any atom is 0.412 e. The Kier molecular flexibility index (Phi) is 6.88. The van der Waals surface area contributed by atoms with E-state index in [0.717, 1.165) is 5.56 Å². The van der Waals surface area contributed by atoms with Gasteiger partial charge in [0.15, 0.2) is 0 Å². The SMILES string of the molecule is Cc1cc(OCCC(C)OC=O)ccc1NC(=O)OC(C)(C)C. The van der Waals surface area contributed by atoms with Crippen molar-refractivity contribution in [2.75, 3.05) is 11.9 Å². The second kappa shape index (κ2) is 8.41. The van der Waals surface area contributed by atoms with E-state index in [2.05, 4.69) is 5.32 Å². The van der Waals surface area contributed by atoms with E-state index >= 15 is 0 Å². The molecule has 0 aliphatic heterocycles. The lowest BCUT2D eigenvalue weighted by atomic mass is 10.2. The summed E-state index contributed by atoms with van der Waals surface area (Å²) >= 11 is 0. The highest BCUT2D eigenvalue weighted by atomic mass is 16.6. The molecule has 0 heterocycles. The lowest BCUT2D eigenvalue weighted by Crippen LogP contribution is -2.27. The van der Waals surface area contributed by atoms with Gasteiger partial charge in [0.2, 0.25) is 0 Å². The predicted octanol–water partition coefficient (Wildman–Crippen LogP) is 3.67. The van der Waals surface area contributed by atoms with E-state index in [-0.39, 0.29) is 6.10 Å². The zero-order valence-electron chi connectivity index (χ0n) is 14.3. The van der Waals surface area contributed by atoms with Gasteiger partial charge in [0, 0.05) is 12.1 Å². The van der Waals surface area contributed by atoms with Crippen LogP contribution in [0.25, 0.3) is 0 Å². The first-order valence-corrected chi connectivity index (χ1v) is 7.54. The van der Waals surface area contributed by atoms with Crippen LogP contribution in [-0.4, -0.2) is 30.9 Å². The van der Waals surface area contributed by atoms with Gasteiger partial charge in [0.25, 0.3) is 6.47 Å². The predicted molar refractivity (Wildman–Crippen MR) is 87.8 cm³/mol. The fourth-order valence-corrected chi connectivity index (χ4v) is 1.79. The van der Waals surface area contributed by atoms with Gasteiger partial charge in [-0.25, -0.2) is 4.79 Å². The smallest absolute Gasteiger partial charge is 0.412 e. The van der Waals surface area contributed by atoms with Crippen molar-refractivity contribution in [3.05, 3.63) is 23.8 Å². The average Bonchev–Trinajstić information content (AvgIpc) is 2.40. The maximum atomic E-state index is 11.8. The third kappa shape index (κ3) is 7.54. The molecule has 0 saturated heterocycles. The van der Waals surface area contributed by atoms with Gasteiger partial charge in [0.1, 0.15) is 17.5 Å². The molecule has 6 heteroatoms. The Morgan fingerprint density at radius 3 is 2.61 bits per heavy atom. The monoisotopic (exact) mass is 323 g/mol. The molecule has 0 aliphatic carbocycles. The van der Waals surface area contributed by atoms with Crippen molar-refractivity contribution >= 4 is 18.3 Å². The summed E-state index contributed by atoms with van der Waals surface area (Å²) in [5, 5.41) is 2.71. The van der Waals surface area contributed by atoms with Crippen molar-refractivity contribution in [3.8, 4) is 5.75 Å². The third-order valence-electron chi connectivity index (χ3n) is 2.91. The number of amides is 1. The van der Waals surface area contributed by atoms with Gasteiger partial charge in [-0.1, -0.05) is 0 Å². The second-order valence-corrected chi connectivity index (χ2v) is 6.28. The molecule has 1 rings (SSSR count). The minimum Gasteiger partial charge on any atom is -0.493 e. The standard InChI is InChI=1S/C17H25NO5/c1-12-10-14(21-9-8-13(2)22-11-19)6-7-15(12)18-16(20)23-17(3,4)5/h6-7,10-11,13H,8-9H2,1-5H3,(H,18,20). The number of anilines is 1. The molecule has 1 amide bonds. The molecule has 0 spiro atoms. The molecule has 0 bridgehead atoms. The van der Waals surface area contributed by atoms with E-state index in [1.807, 2.05) is 33.8 Å². The van der Waals surface area contributed by atoms with Crippen LogP contribution in [0.2, 0.25) is 0 Å². The van der Waals surface area contributed by atoms with Crippen molar-refractivity contribution in [3.63, 3.8) is 0 Å². The molecule has 1 aromatic carbocycles. The van der Waals surface area contributed by atoms with E-state index < -0.39 is 11.7 Å². The molecular weight excluding hydrogens is 298 g/mol. The van der Waals surface area contributed by atoms with Crippen LogP contribution in [-0.2, 0) is 14.3 Å². The number of benzene rings is 1. The molecule has 0 aliphatic rings. The number of hydrogen-bond acceptors (Lipinski definition) is 5. The molecule has 0 aromatic heterocycles. The number of ether oxygens (including phenoxy) is 3. The Bertz CT molecular complexity index is 536. The van der Waals surface area contributed by atoms with Crippen LogP contribution in [0, 0.1) is 6.92 Å². The third-order valence-corrected chi connectivity index (χ3v) is 2.91. The Hall–Kier alpha value is -2.24. The van der Waals surface area contributed by atoms with E-state index in [0.29, 0.717) is 30.9 Å². The summed E-state index contributed by atoms with van der Waals surface area (Å²) in [6.07, 6.45) is -0.0637. The average molecular weight is 323 g/mol. The Balaban J connectivity index is 2.54. The van der Waals surface area contributed by atoms with Gasteiger partial charge in [-0.3, -0.25) is 10.1 Å². The second-order valence-electron chi connectivity index (χ2n) is 6.28. The number of nitrogens with one attached hydrogen (secondary N) is 1. The van der Waals surface area contributed by atoms with E-state index in [1.165, 1.54) is 0 Å². The fraction of sp³-hybridized carbons (Fsp3) is 0.529. The van der Waals surface area contributed by atoms with Crippen molar-refractivity contribution in [1.82, 2.24) is 0 Å². The largest absolute Gasteiger partial charge is 0.493 e. The Morgan fingerprint density at radius 2 is 2.04 bits per heavy atom. The highest BCUT2D eigenvalue weighted by Crippen LogP contribution is 2.22. The zero-order valence-corrected chi connectivity index (χ0v) is 14.3. The molecule has 1 N–H and O–H groups in total. The van der Waals surface area contributed by atoms with Gasteiger partial charge >= 0.3 is 6.09 Å². The fourth-order valence-electron chi connectivity index (χ4n) is 1.79. The Labute approximate surface area is 137 Å². The molecule has 1 atom stereocenters. The van der Waals surface area contributed by atoms with Gasteiger partial charge in [-0.05, 0) is 58.4 Å². The van der Waals surface area contributed by atoms with Gasteiger partial charge < -0.3 is 14.2 Å². The number of aryl methyl sites for hydroxylation is 1. The first kappa shape index (κ1) is 18.8. The first-order chi connectivity index (χ1) is 10.7. The van der Waals surface area contributed by atoms with Crippen molar-refractivity contribution in [2.24, 2.45) is 0 Å². The van der Waals surface area contributed by atoms with Crippen molar-refractivity contribution in [2.45, 2.75) is 52.7 Å². The number of rotatable bonds is 7. The summed E-state index contributed by atoms with van der Waals surface area (Å²) in [6, 6.07) is 5.36. The van der Waals surface area contributed by atoms with Gasteiger partial charge in [-0.2, -0.15) is 0 Å². The number of carbonyl (C=O) groups excluding carboxylic acids is 2. The molecule has 0 saturated carbocycles. The van der Waals surface area contributed by atoms with E-state index in [4.69, 9.17) is 14.2 Å². The van der Waals surface area contributed by atoms with Gasteiger partial charge in [-0.15, -0.1) is 0 Å². The highest BCUT2D eigenvalue weighted by Gasteiger charge is 2.16. The van der Waals surface area contributed by atoms with Crippen LogP contribution >= 0.6 is 0 Å². The van der Waals surface area contributed by atoms with Gasteiger partial charge in [0.05, 0.1) is 6.61 Å². The van der Waals surface area contributed by atoms with Crippen LogP contribution in [0.4, 0.5) is 10.5 Å². The van der Waals surface area contributed by atoms with Crippen LogP contribution in [0.3, 0.4) is 0 Å². The van der Waals surface area contributed by atoms with Crippen LogP contribution in [0.15, 0.2) is 18.2 Å². The van der Waals surface area contributed by atoms with E-state index in [1.54, 1.807) is 19.1 Å². The van der Waals surface area contributed by atoms with E-state index in [9.17, 15) is 9.59 Å². The molecule has 1 aromatic rings. The minimum absolute atomic E-state index is 0.179. The molecule has 6 nitrogen and oxygen atoms in total. The Morgan fingerprint density at radius 1 is 1.35 bits per heavy atom. The summed E-state index contributed by atoms with van der Waals surface area (Å²) in [4.78, 5) is 22.0. The van der Waals surface area contributed by atoms with Crippen molar-refractivity contribution < 1.29 is 23.8 Å². The highest BCUT2D eigenvalue weighted by molar-refractivity contribution is 5.86. The zero-order chi connectivity index (χ0) is 17.5. The van der Waals surface area contributed by atoms with Crippen LogP contribution in [0.1, 0.15) is 39.7 Å². The minimum atomic E-state index is -0.540. The van der Waals surface area contributed by atoms with Crippen molar-refractivity contribution in [1.29, 1.82) is 0 Å². The lowest BCUT2D eigenvalue weighted by Gasteiger charge is -2.20. The topological polar surface area (TPSA) is 73.9 Å². The number of hydrogen-bond donors (Lipinski definition) is 1. The molecule has 0 radical (unpaired) electrons. The summed E-state index contributed by atoms with van der Waals surface area (Å²) in [6.45, 7) is 9.98. The molecule has 1 unspecified atom stereocenters. The molecule has 128 valence electrons. The summed E-state index contributed by atoms with van der Waals surface area (Å²) in [5.41, 5.74) is 0.997. The summed E-state index contributed by atoms with van der Waals surface area (Å²) < 4.78 is 15.6. The van der Waals surface area contributed by atoms with Crippen LogP contribution < -0.4 is 10.1 Å². The van der Waals surface area contributed by atoms with Crippen LogP contribution in [0.5, 0.6) is 5.75 Å². The summed E-state index contributed by atoms with van der Waals surface area (Å²) in [5.74, 6) is 0.690. The normalized spacial score (nSPS) is 12.2. The summed E-state index contributed by atoms with van der Waals surface area (Å²) in [7, 11) is 0. The number of carbonyl (C=O) groups is 2. The molecule has 23 heavy (non-hydrogen) atoms. The molecular formula is C17H25NO5. The first-order valence-electron chi connectivity index (χ1n) is 7.54. The molecule has 0 fully saturated rings. The maximum absolute atomic E-state index is 11.8. The lowest BCUT2D eigenvalue weighted by molar-refractivity contribution is -0.133. The quantitative estimate of drug-likeness (QED) is 0.775.